The van der Waals surface area contributed by atoms with Gasteiger partial charge in [-0.1, -0.05) is 61.6 Å². The molecule has 1 unspecified atom stereocenters. The second-order valence-corrected chi connectivity index (χ2v) is 13.2. The first-order chi connectivity index (χ1) is 18.2. The van der Waals surface area contributed by atoms with E-state index in [0.29, 0.717) is 26.1 Å². The van der Waals surface area contributed by atoms with Gasteiger partial charge in [-0.25, -0.2) is 0 Å². The number of fused-ring (bicyclic) bond motifs is 2. The van der Waals surface area contributed by atoms with Crippen molar-refractivity contribution in [2.24, 2.45) is 11.8 Å². The number of amides is 3. The molecule has 5 rings (SSSR count). The van der Waals surface area contributed by atoms with Crippen LogP contribution < -0.4 is 0 Å². The van der Waals surface area contributed by atoms with E-state index in [4.69, 9.17) is 0 Å². The Hall–Kier alpha value is -2.58. The Balaban J connectivity index is 1.65. The number of hydrogen-bond acceptors (Lipinski definition) is 5. The number of hydrogen-bond donors (Lipinski definition) is 1. The third-order valence-corrected chi connectivity index (χ3v) is 10.4. The molecule has 1 aromatic rings. The summed E-state index contributed by atoms with van der Waals surface area (Å²) in [6.45, 7) is 9.42. The molecule has 4 aliphatic rings. The lowest BCUT2D eigenvalue weighted by Gasteiger charge is -2.40. The van der Waals surface area contributed by atoms with Gasteiger partial charge in [-0.2, -0.15) is 0 Å². The van der Waals surface area contributed by atoms with Gasteiger partial charge >= 0.3 is 0 Å². The number of carbonyl (C=O) groups excluding carboxylic acids is 3. The van der Waals surface area contributed by atoms with Gasteiger partial charge in [-0.3, -0.25) is 14.4 Å². The quantitative estimate of drug-likeness (QED) is 0.541. The lowest BCUT2D eigenvalue weighted by atomic mass is 9.74. The number of nitrogens with zero attached hydrogens (tertiary/aromatic N) is 3. The van der Waals surface area contributed by atoms with Crippen LogP contribution in [-0.4, -0.2) is 91.4 Å². The molecule has 0 aromatic heterocycles. The first kappa shape index (κ1) is 27.0. The Morgan fingerprint density at radius 2 is 1.71 bits per heavy atom. The van der Waals surface area contributed by atoms with Crippen LogP contribution in [0.3, 0.4) is 0 Å². The highest BCUT2D eigenvalue weighted by molar-refractivity contribution is 8.02. The molecule has 2 saturated heterocycles. The van der Waals surface area contributed by atoms with Gasteiger partial charge in [0, 0.05) is 30.4 Å². The summed E-state index contributed by atoms with van der Waals surface area (Å²) in [5, 5.41) is 10.6. The maximum Gasteiger partial charge on any atom is 0.247 e. The van der Waals surface area contributed by atoms with E-state index in [1.54, 1.807) is 16.7 Å². The van der Waals surface area contributed by atoms with E-state index >= 15 is 0 Å². The van der Waals surface area contributed by atoms with Gasteiger partial charge in [-0.05, 0) is 39.2 Å². The van der Waals surface area contributed by atoms with Gasteiger partial charge < -0.3 is 19.8 Å². The molecule has 8 heteroatoms. The summed E-state index contributed by atoms with van der Waals surface area (Å²) in [7, 11) is 0. The summed E-state index contributed by atoms with van der Waals surface area (Å²) in [5.74, 6) is -1.60. The van der Waals surface area contributed by atoms with Crippen molar-refractivity contribution in [3.8, 4) is 0 Å². The monoisotopic (exact) mass is 537 g/mol. The molecule has 1 aromatic carbocycles. The van der Waals surface area contributed by atoms with Crippen LogP contribution >= 0.6 is 11.8 Å². The number of carbonyl (C=O) groups is 3. The van der Waals surface area contributed by atoms with E-state index < -0.39 is 33.4 Å². The number of rotatable bonds is 7. The van der Waals surface area contributed by atoms with Crippen molar-refractivity contribution in [3.05, 3.63) is 60.2 Å². The van der Waals surface area contributed by atoms with Gasteiger partial charge in [-0.15, -0.1) is 11.8 Å². The van der Waals surface area contributed by atoms with Gasteiger partial charge in [0.15, 0.2) is 0 Å². The first-order valence-corrected chi connectivity index (χ1v) is 14.6. The van der Waals surface area contributed by atoms with Gasteiger partial charge in [0.05, 0.1) is 29.2 Å². The minimum Gasteiger partial charge on any atom is -0.394 e. The summed E-state index contributed by atoms with van der Waals surface area (Å²) >= 11 is 1.60. The molecule has 3 amide bonds. The number of aliphatic hydroxyl groups is 1. The van der Waals surface area contributed by atoms with Crippen LogP contribution in [0.1, 0.15) is 39.7 Å². The first-order valence-electron chi connectivity index (χ1n) is 13.8. The summed E-state index contributed by atoms with van der Waals surface area (Å²) in [4.78, 5) is 48.4. The average Bonchev–Trinajstić information content (AvgIpc) is 3.16. The molecular weight excluding hydrogens is 498 g/mol. The van der Waals surface area contributed by atoms with Crippen molar-refractivity contribution in [3.63, 3.8) is 0 Å². The fraction of sp³-hybridized carbons (Fsp3) is 0.567. The number of benzene rings is 1. The molecule has 204 valence electrons. The largest absolute Gasteiger partial charge is 0.394 e. The molecule has 0 radical (unpaired) electrons. The molecule has 1 N–H and O–H groups in total. The van der Waals surface area contributed by atoms with Crippen molar-refractivity contribution in [1.29, 1.82) is 0 Å². The topological polar surface area (TPSA) is 81.2 Å². The zero-order valence-electron chi connectivity index (χ0n) is 22.7. The second-order valence-electron chi connectivity index (χ2n) is 11.4. The third-order valence-electron chi connectivity index (χ3n) is 8.64. The predicted molar refractivity (Wildman–Crippen MR) is 149 cm³/mol. The third kappa shape index (κ3) is 4.11. The highest BCUT2D eigenvalue weighted by Crippen LogP contribution is 2.65. The van der Waals surface area contributed by atoms with Gasteiger partial charge in [0.1, 0.15) is 6.04 Å². The van der Waals surface area contributed by atoms with Crippen molar-refractivity contribution in [1.82, 2.24) is 14.7 Å². The Morgan fingerprint density at radius 3 is 2.37 bits per heavy atom. The Bertz CT molecular complexity index is 1150. The van der Waals surface area contributed by atoms with E-state index in [9.17, 15) is 19.5 Å². The van der Waals surface area contributed by atoms with Gasteiger partial charge in [0.25, 0.3) is 0 Å². The maximum absolute atomic E-state index is 14.6. The summed E-state index contributed by atoms with van der Waals surface area (Å²) in [6, 6.07) is 8.34. The molecule has 6 atom stereocenters. The minimum absolute atomic E-state index is 0.0166. The predicted octanol–water partition coefficient (Wildman–Crippen LogP) is 2.89. The van der Waals surface area contributed by atoms with E-state index in [1.165, 1.54) is 0 Å². The fourth-order valence-electron chi connectivity index (χ4n) is 6.99. The lowest BCUT2D eigenvalue weighted by molar-refractivity contribution is -0.147. The SMILES string of the molecule is CCCN1CC=C[C@]2(C)S[C@]34C=CCN(C(C)C)C(=O)C3N([C@@H](CO)Cc3ccccc3)C(=O)[C@@H]4[C@@H]2C1=O. The average molecular weight is 538 g/mol. The molecular formula is C30H39N3O4S. The van der Waals surface area contributed by atoms with Crippen LogP contribution in [0.4, 0.5) is 0 Å². The zero-order chi connectivity index (χ0) is 27.2. The van der Waals surface area contributed by atoms with Crippen LogP contribution in [0.25, 0.3) is 0 Å². The summed E-state index contributed by atoms with van der Waals surface area (Å²) < 4.78 is -1.51. The van der Waals surface area contributed by atoms with Crippen LogP contribution in [0, 0.1) is 11.8 Å². The maximum atomic E-state index is 14.6. The van der Waals surface area contributed by atoms with E-state index in [2.05, 4.69) is 6.08 Å². The van der Waals surface area contributed by atoms with Crippen LogP contribution in [-0.2, 0) is 20.8 Å². The van der Waals surface area contributed by atoms with Gasteiger partial charge in [0.2, 0.25) is 17.7 Å². The highest BCUT2D eigenvalue weighted by Gasteiger charge is 2.74. The Labute approximate surface area is 229 Å². The summed E-state index contributed by atoms with van der Waals surface area (Å²) in [6.07, 6.45) is 9.46. The number of thioether (sulfide) groups is 1. The fourth-order valence-corrected chi connectivity index (χ4v) is 9.14. The molecule has 4 aliphatic heterocycles. The molecule has 4 heterocycles. The second kappa shape index (κ2) is 10.2. The lowest BCUT2D eigenvalue weighted by Crippen LogP contribution is -2.58. The summed E-state index contributed by atoms with van der Waals surface area (Å²) in [5.41, 5.74) is 0.989. The van der Waals surface area contributed by atoms with Crippen LogP contribution in [0.5, 0.6) is 0 Å². The molecule has 0 aliphatic carbocycles. The van der Waals surface area contributed by atoms with E-state index in [-0.39, 0.29) is 30.4 Å². The van der Waals surface area contributed by atoms with Crippen molar-refractivity contribution >= 4 is 29.5 Å². The van der Waals surface area contributed by atoms with Crippen molar-refractivity contribution in [2.75, 3.05) is 26.2 Å². The van der Waals surface area contributed by atoms with Crippen LogP contribution in [0.15, 0.2) is 54.6 Å². The molecule has 7 nitrogen and oxygen atoms in total. The normalized spacial score (nSPS) is 33.4. The zero-order valence-corrected chi connectivity index (χ0v) is 23.6. The van der Waals surface area contributed by atoms with Crippen LogP contribution in [0.2, 0.25) is 0 Å². The minimum atomic E-state index is -0.892. The Morgan fingerprint density at radius 1 is 1.00 bits per heavy atom. The number of aliphatic hydroxyl groups excluding tert-OH is 1. The van der Waals surface area contributed by atoms with Crippen molar-refractivity contribution < 1.29 is 19.5 Å². The molecule has 38 heavy (non-hydrogen) atoms. The van der Waals surface area contributed by atoms with E-state index in [0.717, 1.165) is 12.0 Å². The standard InChI is InChI=1S/C30H39N3O4S/c1-5-15-31-16-9-13-29(4)23(26(31)35)24-27(36)33(22(19-34)18-21-11-7-6-8-12-21)25-28(37)32(20(2)3)17-10-14-30(24,25)38-29/h6-14,20,22-25,34H,5,15-19H2,1-4H3/t22-,23-,24+,25?,29+,30+/m1/s1. The molecule has 2 fully saturated rings. The van der Waals surface area contributed by atoms with Crippen molar-refractivity contribution in [2.45, 2.75) is 68.2 Å². The molecule has 0 saturated carbocycles. The Kier molecular flexibility index (Phi) is 7.24. The highest BCUT2D eigenvalue weighted by atomic mass is 32.2. The van der Waals surface area contributed by atoms with E-state index in [1.807, 2.05) is 86.1 Å². The molecule has 0 bridgehead atoms. The smallest absolute Gasteiger partial charge is 0.247 e. The molecule has 1 spiro atoms. The number of likely N-dealkylation sites (tertiary alicyclic amines) is 1.